The Balaban J connectivity index is 2.23. The SMILES string of the molecule is COc1ccc([C@H](C(=O)NC(C)(C)C)N(C(=O)c2snc(C(N)=O)c2N)c2cccc(C)c2)cc1. The Labute approximate surface area is 208 Å². The molecule has 9 nitrogen and oxygen atoms in total. The molecule has 0 saturated heterocycles. The van der Waals surface area contributed by atoms with Crippen molar-refractivity contribution in [2.24, 2.45) is 5.73 Å². The van der Waals surface area contributed by atoms with Gasteiger partial charge in [0.05, 0.1) is 12.8 Å². The zero-order chi connectivity index (χ0) is 25.9. The topological polar surface area (TPSA) is 141 Å². The van der Waals surface area contributed by atoms with Gasteiger partial charge in [-0.1, -0.05) is 24.3 Å². The average molecular weight is 496 g/mol. The fourth-order valence-electron chi connectivity index (χ4n) is 3.54. The Bertz CT molecular complexity index is 1250. The van der Waals surface area contributed by atoms with Crippen molar-refractivity contribution in [3.8, 4) is 5.75 Å². The van der Waals surface area contributed by atoms with Crippen LogP contribution in [0, 0.1) is 6.92 Å². The minimum atomic E-state index is -1.06. The van der Waals surface area contributed by atoms with Gasteiger partial charge in [-0.15, -0.1) is 0 Å². The molecule has 3 rings (SSSR count). The lowest BCUT2D eigenvalue weighted by atomic mass is 10.00. The highest BCUT2D eigenvalue weighted by Crippen LogP contribution is 2.34. The Morgan fingerprint density at radius 2 is 1.77 bits per heavy atom. The normalized spacial score (nSPS) is 12.0. The molecule has 3 aromatic rings. The molecule has 1 heterocycles. The van der Waals surface area contributed by atoms with E-state index in [4.69, 9.17) is 16.2 Å². The summed E-state index contributed by atoms with van der Waals surface area (Å²) in [5.74, 6) is -1.20. The van der Waals surface area contributed by atoms with Crippen LogP contribution in [0.5, 0.6) is 5.75 Å². The first-order chi connectivity index (χ1) is 16.4. The highest BCUT2D eigenvalue weighted by molar-refractivity contribution is 7.09. The van der Waals surface area contributed by atoms with Crippen molar-refractivity contribution in [1.82, 2.24) is 9.69 Å². The molecule has 0 saturated carbocycles. The van der Waals surface area contributed by atoms with Gasteiger partial charge in [-0.3, -0.25) is 19.3 Å². The van der Waals surface area contributed by atoms with E-state index >= 15 is 0 Å². The second kappa shape index (κ2) is 10.1. The number of rotatable bonds is 7. The number of aromatic nitrogens is 1. The molecule has 0 aliphatic carbocycles. The van der Waals surface area contributed by atoms with Gasteiger partial charge in [-0.25, -0.2) is 0 Å². The van der Waals surface area contributed by atoms with Crippen LogP contribution in [0.25, 0.3) is 0 Å². The van der Waals surface area contributed by atoms with E-state index in [1.807, 2.05) is 33.8 Å². The van der Waals surface area contributed by atoms with Crippen molar-refractivity contribution in [3.63, 3.8) is 0 Å². The summed E-state index contributed by atoms with van der Waals surface area (Å²) in [7, 11) is 1.55. The Kier molecular flexibility index (Phi) is 7.45. The van der Waals surface area contributed by atoms with Gasteiger partial charge in [0.1, 0.15) is 16.7 Å². The van der Waals surface area contributed by atoms with E-state index in [1.165, 1.54) is 4.90 Å². The molecule has 0 radical (unpaired) electrons. The Morgan fingerprint density at radius 3 is 2.29 bits per heavy atom. The van der Waals surface area contributed by atoms with Crippen molar-refractivity contribution in [1.29, 1.82) is 0 Å². The lowest BCUT2D eigenvalue weighted by Crippen LogP contribution is -2.49. The lowest BCUT2D eigenvalue weighted by Gasteiger charge is -2.33. The lowest BCUT2D eigenvalue weighted by molar-refractivity contribution is -0.123. The van der Waals surface area contributed by atoms with E-state index in [-0.39, 0.29) is 16.3 Å². The number of nitrogens with one attached hydrogen (secondary N) is 1. The number of primary amides is 1. The largest absolute Gasteiger partial charge is 0.497 e. The minimum absolute atomic E-state index is 0.0161. The van der Waals surface area contributed by atoms with Crippen molar-refractivity contribution >= 4 is 40.6 Å². The maximum atomic E-state index is 14.0. The van der Waals surface area contributed by atoms with E-state index in [9.17, 15) is 14.4 Å². The third-order valence-electron chi connectivity index (χ3n) is 5.09. The van der Waals surface area contributed by atoms with Crippen molar-refractivity contribution in [3.05, 3.63) is 70.2 Å². The molecule has 3 amide bonds. The fraction of sp³-hybridized carbons (Fsp3) is 0.280. The highest BCUT2D eigenvalue weighted by atomic mass is 32.1. The molecule has 0 unspecified atom stereocenters. The zero-order valence-electron chi connectivity index (χ0n) is 20.3. The van der Waals surface area contributed by atoms with Crippen LogP contribution in [0.1, 0.15) is 58.1 Å². The van der Waals surface area contributed by atoms with Crippen LogP contribution in [0.3, 0.4) is 0 Å². The summed E-state index contributed by atoms with van der Waals surface area (Å²) in [6.45, 7) is 7.45. The number of hydrogen-bond acceptors (Lipinski definition) is 7. The maximum absolute atomic E-state index is 14.0. The number of nitrogen functional groups attached to an aromatic ring is 1. The third kappa shape index (κ3) is 5.78. The number of methoxy groups -OCH3 is 1. The molecule has 0 aliphatic heterocycles. The summed E-state index contributed by atoms with van der Waals surface area (Å²) in [4.78, 5) is 40.8. The van der Waals surface area contributed by atoms with Gasteiger partial charge in [0.25, 0.3) is 11.8 Å². The summed E-state index contributed by atoms with van der Waals surface area (Å²) < 4.78 is 9.23. The van der Waals surface area contributed by atoms with Crippen LogP contribution in [0.15, 0.2) is 48.5 Å². The number of carbonyl (C=O) groups is 3. The van der Waals surface area contributed by atoms with Gasteiger partial charge in [0, 0.05) is 11.2 Å². The highest BCUT2D eigenvalue weighted by Gasteiger charge is 2.37. The molecular formula is C25H29N5O4S. The molecule has 10 heteroatoms. The van der Waals surface area contributed by atoms with E-state index in [2.05, 4.69) is 9.69 Å². The van der Waals surface area contributed by atoms with Crippen LogP contribution < -0.4 is 26.4 Å². The summed E-state index contributed by atoms with van der Waals surface area (Å²) in [6, 6.07) is 13.0. The van der Waals surface area contributed by atoms with Gasteiger partial charge >= 0.3 is 0 Å². The molecule has 1 aromatic heterocycles. The second-order valence-corrected chi connectivity index (χ2v) is 9.84. The smallest absolute Gasteiger partial charge is 0.273 e. The van der Waals surface area contributed by atoms with Gasteiger partial charge in [0.2, 0.25) is 5.91 Å². The zero-order valence-corrected chi connectivity index (χ0v) is 21.1. The molecule has 0 fully saturated rings. The van der Waals surface area contributed by atoms with E-state index in [1.54, 1.807) is 49.6 Å². The first kappa shape index (κ1) is 25.7. The quantitative estimate of drug-likeness (QED) is 0.459. The predicted molar refractivity (Wildman–Crippen MR) is 137 cm³/mol. The number of aryl methyl sites for hydroxylation is 1. The number of ether oxygens (including phenoxy) is 1. The van der Waals surface area contributed by atoms with Gasteiger partial charge in [-0.2, -0.15) is 4.37 Å². The van der Waals surface area contributed by atoms with Crippen molar-refractivity contribution < 1.29 is 19.1 Å². The number of benzene rings is 2. The molecule has 35 heavy (non-hydrogen) atoms. The molecule has 2 aromatic carbocycles. The number of nitrogens with zero attached hydrogens (tertiary/aromatic N) is 2. The standard InChI is InChI=1S/C25H29N5O4S/c1-14-7-6-8-16(13-14)30(24(33)21-18(26)19(22(27)31)29-35-21)20(23(32)28-25(2,3)4)15-9-11-17(34-5)12-10-15/h6-13,20H,26H2,1-5H3,(H2,27,31)(H,28,32)/t20-/m1/s1. The predicted octanol–water partition coefficient (Wildman–Crippen LogP) is 3.44. The number of carbonyl (C=O) groups excluding carboxylic acids is 3. The fourth-order valence-corrected chi connectivity index (χ4v) is 4.28. The summed E-state index contributed by atoms with van der Waals surface area (Å²) in [5.41, 5.74) is 12.5. The third-order valence-corrected chi connectivity index (χ3v) is 5.94. The van der Waals surface area contributed by atoms with Crippen LogP contribution in [-0.4, -0.2) is 34.7 Å². The number of nitrogens with two attached hydrogens (primary N) is 2. The average Bonchev–Trinajstić information content (AvgIpc) is 3.17. The minimum Gasteiger partial charge on any atom is -0.497 e. The summed E-state index contributed by atoms with van der Waals surface area (Å²) >= 11 is 0.765. The van der Waals surface area contributed by atoms with Crippen LogP contribution in [0.4, 0.5) is 11.4 Å². The van der Waals surface area contributed by atoms with E-state index in [0.717, 1.165) is 17.1 Å². The molecule has 0 aliphatic rings. The van der Waals surface area contributed by atoms with Crippen LogP contribution >= 0.6 is 11.5 Å². The van der Waals surface area contributed by atoms with E-state index in [0.29, 0.717) is 17.0 Å². The summed E-state index contributed by atoms with van der Waals surface area (Å²) in [5, 5.41) is 2.97. The molecule has 1 atom stereocenters. The van der Waals surface area contributed by atoms with Gasteiger partial charge < -0.3 is 21.5 Å². The second-order valence-electron chi connectivity index (χ2n) is 9.07. The summed E-state index contributed by atoms with van der Waals surface area (Å²) in [6.07, 6.45) is 0. The first-order valence-corrected chi connectivity index (χ1v) is 11.6. The molecule has 184 valence electrons. The molecular weight excluding hydrogens is 466 g/mol. The Morgan fingerprint density at radius 1 is 1.11 bits per heavy atom. The Hall–Kier alpha value is -3.92. The number of amides is 3. The van der Waals surface area contributed by atoms with Gasteiger partial charge in [0.15, 0.2) is 5.69 Å². The van der Waals surface area contributed by atoms with E-state index < -0.39 is 29.3 Å². The maximum Gasteiger partial charge on any atom is 0.273 e. The van der Waals surface area contributed by atoms with Crippen molar-refractivity contribution in [2.75, 3.05) is 17.7 Å². The first-order valence-electron chi connectivity index (χ1n) is 10.8. The number of anilines is 2. The number of hydrogen-bond donors (Lipinski definition) is 3. The van der Waals surface area contributed by atoms with Crippen LogP contribution in [0.2, 0.25) is 0 Å². The molecule has 0 bridgehead atoms. The van der Waals surface area contributed by atoms with Gasteiger partial charge in [-0.05, 0) is 74.6 Å². The monoisotopic (exact) mass is 495 g/mol. The van der Waals surface area contributed by atoms with Crippen molar-refractivity contribution in [2.45, 2.75) is 39.3 Å². The van der Waals surface area contributed by atoms with Crippen LogP contribution in [-0.2, 0) is 4.79 Å². The molecule has 5 N–H and O–H groups in total. The molecule has 0 spiro atoms.